The molecule has 1 amide bonds. The van der Waals surface area contributed by atoms with Crippen molar-refractivity contribution in [1.82, 2.24) is 19.9 Å². The van der Waals surface area contributed by atoms with Crippen LogP contribution in [0.1, 0.15) is 10.4 Å². The van der Waals surface area contributed by atoms with Gasteiger partial charge < -0.3 is 9.80 Å². The molecule has 1 fully saturated rings. The molecular weight excluding hydrogens is 410 g/mol. The number of halogens is 1. The highest BCUT2D eigenvalue weighted by atomic mass is 35.5. The molecule has 0 aliphatic carbocycles. The van der Waals surface area contributed by atoms with Crippen molar-refractivity contribution in [3.63, 3.8) is 0 Å². The van der Waals surface area contributed by atoms with E-state index in [1.165, 1.54) is 0 Å². The monoisotopic (exact) mass is 429 g/mol. The van der Waals surface area contributed by atoms with E-state index in [1.54, 1.807) is 24.5 Å². The van der Waals surface area contributed by atoms with Crippen LogP contribution in [0.5, 0.6) is 0 Å². The van der Waals surface area contributed by atoms with E-state index in [2.05, 4.69) is 9.88 Å². The fourth-order valence-electron chi connectivity index (χ4n) is 3.85. The lowest BCUT2D eigenvalue weighted by molar-refractivity contribution is 0.0747. The molecule has 0 N–H and O–H groups in total. The van der Waals surface area contributed by atoms with Crippen LogP contribution >= 0.6 is 11.6 Å². The highest BCUT2D eigenvalue weighted by molar-refractivity contribution is 6.33. The minimum Gasteiger partial charge on any atom is -0.352 e. The molecule has 1 aliphatic rings. The number of fused-ring (bicyclic) bond motifs is 1. The van der Waals surface area contributed by atoms with Gasteiger partial charge in [-0.25, -0.2) is 9.97 Å². The summed E-state index contributed by atoms with van der Waals surface area (Å²) in [6, 6.07) is 19.0. The first kappa shape index (κ1) is 19.5. The molecule has 0 atom stereocenters. The smallest absolute Gasteiger partial charge is 0.255 e. The summed E-state index contributed by atoms with van der Waals surface area (Å²) >= 11 is 6.22. The summed E-state index contributed by atoms with van der Waals surface area (Å²) < 4.78 is 0. The summed E-state index contributed by atoms with van der Waals surface area (Å²) in [7, 11) is 0. The van der Waals surface area contributed by atoms with Crippen LogP contribution in [-0.2, 0) is 0 Å². The number of aromatic nitrogens is 3. The third kappa shape index (κ3) is 3.82. The first-order valence-corrected chi connectivity index (χ1v) is 10.5. The lowest BCUT2D eigenvalue weighted by atomic mass is 10.1. The molecule has 4 aromatic rings. The Labute approximate surface area is 185 Å². The van der Waals surface area contributed by atoms with Crippen LogP contribution < -0.4 is 4.90 Å². The van der Waals surface area contributed by atoms with Crippen LogP contribution in [0.15, 0.2) is 73.1 Å². The predicted molar refractivity (Wildman–Crippen MR) is 122 cm³/mol. The number of rotatable bonds is 3. The van der Waals surface area contributed by atoms with E-state index in [1.807, 2.05) is 53.4 Å². The topological polar surface area (TPSA) is 62.2 Å². The average molecular weight is 430 g/mol. The maximum absolute atomic E-state index is 12.9. The van der Waals surface area contributed by atoms with Crippen LogP contribution in [0.3, 0.4) is 0 Å². The number of amides is 1. The van der Waals surface area contributed by atoms with Gasteiger partial charge in [-0.1, -0.05) is 35.9 Å². The van der Waals surface area contributed by atoms with Gasteiger partial charge in [0.05, 0.1) is 16.1 Å². The van der Waals surface area contributed by atoms with Gasteiger partial charge in [-0.15, -0.1) is 0 Å². The van der Waals surface area contributed by atoms with Gasteiger partial charge in [0.15, 0.2) is 5.82 Å². The Balaban J connectivity index is 1.43. The van der Waals surface area contributed by atoms with E-state index >= 15 is 0 Å². The maximum atomic E-state index is 12.9. The highest BCUT2D eigenvalue weighted by Crippen LogP contribution is 2.28. The molecule has 2 aromatic carbocycles. The van der Waals surface area contributed by atoms with Crippen LogP contribution in [0.4, 0.5) is 5.82 Å². The lowest BCUT2D eigenvalue weighted by Gasteiger charge is -2.36. The highest BCUT2D eigenvalue weighted by Gasteiger charge is 2.25. The second kappa shape index (κ2) is 8.32. The van der Waals surface area contributed by atoms with Crippen LogP contribution in [-0.4, -0.2) is 51.9 Å². The number of anilines is 1. The van der Waals surface area contributed by atoms with Gasteiger partial charge in [0.25, 0.3) is 5.91 Å². The van der Waals surface area contributed by atoms with Gasteiger partial charge in [-0.3, -0.25) is 9.78 Å². The van der Waals surface area contributed by atoms with Crippen molar-refractivity contribution < 1.29 is 4.79 Å². The third-order valence-electron chi connectivity index (χ3n) is 5.47. The normalized spacial score (nSPS) is 14.1. The van der Waals surface area contributed by atoms with Gasteiger partial charge in [0.2, 0.25) is 0 Å². The second-order valence-electron chi connectivity index (χ2n) is 7.39. The zero-order valence-corrected chi connectivity index (χ0v) is 17.5. The summed E-state index contributed by atoms with van der Waals surface area (Å²) in [4.78, 5) is 30.8. The molecule has 5 rings (SSSR count). The van der Waals surface area contributed by atoms with Crippen molar-refractivity contribution in [2.45, 2.75) is 0 Å². The molecule has 1 aliphatic heterocycles. The fourth-order valence-corrected chi connectivity index (χ4v) is 4.07. The Bertz CT molecular complexity index is 1240. The molecule has 31 heavy (non-hydrogen) atoms. The summed E-state index contributed by atoms with van der Waals surface area (Å²) in [5, 5.41) is 1.49. The molecular formula is C24H20ClN5O. The van der Waals surface area contributed by atoms with Crippen molar-refractivity contribution in [3.8, 4) is 11.4 Å². The summed E-state index contributed by atoms with van der Waals surface area (Å²) in [6.07, 6.45) is 3.51. The number of hydrogen-bond donors (Lipinski definition) is 0. The lowest BCUT2D eigenvalue weighted by Crippen LogP contribution is -2.49. The molecule has 3 heterocycles. The Hall–Kier alpha value is -3.51. The molecule has 0 saturated carbocycles. The maximum Gasteiger partial charge on any atom is 0.255 e. The quantitative estimate of drug-likeness (QED) is 0.485. The zero-order chi connectivity index (χ0) is 21.2. The van der Waals surface area contributed by atoms with Gasteiger partial charge in [-0.05, 0) is 36.4 Å². The van der Waals surface area contributed by atoms with Crippen molar-refractivity contribution in [3.05, 3.63) is 83.6 Å². The van der Waals surface area contributed by atoms with Gasteiger partial charge in [-0.2, -0.15) is 0 Å². The SMILES string of the molecule is O=C(c1ccccc1Cl)N1CCN(c2nc(-c3cccnc3)nc3ccccc23)CC1. The van der Waals surface area contributed by atoms with E-state index in [4.69, 9.17) is 21.6 Å². The fraction of sp³-hybridized carbons (Fsp3) is 0.167. The Morgan fingerprint density at radius 2 is 1.65 bits per heavy atom. The minimum absolute atomic E-state index is 0.0335. The molecule has 7 heteroatoms. The largest absolute Gasteiger partial charge is 0.352 e. The van der Waals surface area contributed by atoms with Crippen LogP contribution in [0.2, 0.25) is 5.02 Å². The van der Waals surface area contributed by atoms with E-state index in [0.717, 1.165) is 22.3 Å². The van der Waals surface area contributed by atoms with E-state index in [0.29, 0.717) is 42.6 Å². The molecule has 6 nitrogen and oxygen atoms in total. The second-order valence-corrected chi connectivity index (χ2v) is 7.80. The number of carbonyl (C=O) groups excluding carboxylic acids is 1. The summed E-state index contributed by atoms with van der Waals surface area (Å²) in [5.74, 6) is 1.50. The Morgan fingerprint density at radius 3 is 2.42 bits per heavy atom. The summed E-state index contributed by atoms with van der Waals surface area (Å²) in [6.45, 7) is 2.57. The molecule has 154 valence electrons. The first-order valence-electron chi connectivity index (χ1n) is 10.2. The molecule has 0 unspecified atom stereocenters. The van der Waals surface area contributed by atoms with Gasteiger partial charge >= 0.3 is 0 Å². The van der Waals surface area contributed by atoms with E-state index in [9.17, 15) is 4.79 Å². The number of piperazine rings is 1. The number of pyridine rings is 1. The van der Waals surface area contributed by atoms with Crippen molar-refractivity contribution in [1.29, 1.82) is 0 Å². The van der Waals surface area contributed by atoms with Gasteiger partial charge in [0.1, 0.15) is 5.82 Å². The Kier molecular flexibility index (Phi) is 5.22. The zero-order valence-electron chi connectivity index (χ0n) is 16.8. The van der Waals surface area contributed by atoms with Crippen LogP contribution in [0, 0.1) is 0 Å². The van der Waals surface area contributed by atoms with Crippen molar-refractivity contribution in [2.24, 2.45) is 0 Å². The molecule has 0 bridgehead atoms. The number of nitrogens with zero attached hydrogens (tertiary/aromatic N) is 5. The molecule has 1 saturated heterocycles. The van der Waals surface area contributed by atoms with E-state index in [-0.39, 0.29) is 5.91 Å². The Morgan fingerprint density at radius 1 is 0.871 bits per heavy atom. The average Bonchev–Trinajstić information content (AvgIpc) is 2.84. The van der Waals surface area contributed by atoms with Gasteiger partial charge in [0, 0.05) is 49.5 Å². The predicted octanol–water partition coefficient (Wildman–Crippen LogP) is 4.31. The minimum atomic E-state index is -0.0335. The van der Waals surface area contributed by atoms with Crippen LogP contribution in [0.25, 0.3) is 22.3 Å². The number of benzene rings is 2. The molecule has 0 spiro atoms. The summed E-state index contributed by atoms with van der Waals surface area (Å²) in [5.41, 5.74) is 2.31. The standard InChI is InChI=1S/C24H20ClN5O/c25-20-9-3-1-7-18(20)24(31)30-14-12-29(13-15-30)23-19-8-2-4-10-21(19)27-22(28-23)17-6-5-11-26-16-17/h1-11,16H,12-15H2. The first-order chi connectivity index (χ1) is 15.2. The van der Waals surface area contributed by atoms with Crippen molar-refractivity contribution in [2.75, 3.05) is 31.1 Å². The molecule has 2 aromatic heterocycles. The number of carbonyl (C=O) groups is 1. The molecule has 0 radical (unpaired) electrons. The number of hydrogen-bond acceptors (Lipinski definition) is 5. The van der Waals surface area contributed by atoms with E-state index < -0.39 is 0 Å². The van der Waals surface area contributed by atoms with Crippen molar-refractivity contribution >= 4 is 34.2 Å². The third-order valence-corrected chi connectivity index (χ3v) is 5.80. The number of para-hydroxylation sites is 1.